The number of nitrogens with one attached hydrogen (secondary N) is 2. The Morgan fingerprint density at radius 2 is 2.29 bits per heavy atom. The van der Waals surface area contributed by atoms with E-state index < -0.39 is 0 Å². The van der Waals surface area contributed by atoms with Crippen LogP contribution in [-0.2, 0) is 4.79 Å². The first kappa shape index (κ1) is 11.5. The van der Waals surface area contributed by atoms with Gasteiger partial charge in [-0.15, -0.1) is 0 Å². The first-order chi connectivity index (χ1) is 6.76. The maximum Gasteiger partial charge on any atom is 0.219 e. The van der Waals surface area contributed by atoms with E-state index in [1.807, 2.05) is 7.05 Å². The van der Waals surface area contributed by atoms with E-state index in [4.69, 9.17) is 0 Å². The van der Waals surface area contributed by atoms with Gasteiger partial charge >= 0.3 is 0 Å². The van der Waals surface area contributed by atoms with Gasteiger partial charge in [0.2, 0.25) is 5.91 Å². The molecule has 14 heavy (non-hydrogen) atoms. The molecule has 4 nitrogen and oxygen atoms in total. The quantitative estimate of drug-likeness (QED) is 0.645. The van der Waals surface area contributed by atoms with E-state index in [1.54, 1.807) is 7.05 Å². The highest BCUT2D eigenvalue weighted by molar-refractivity contribution is 5.75. The monoisotopic (exact) mass is 199 g/mol. The number of likely N-dealkylation sites (tertiary alicyclic amines) is 1. The molecule has 0 spiro atoms. The van der Waals surface area contributed by atoms with Gasteiger partial charge in [0.15, 0.2) is 0 Å². The lowest BCUT2D eigenvalue weighted by Crippen LogP contribution is -2.30. The van der Waals surface area contributed by atoms with Gasteiger partial charge in [0, 0.05) is 26.1 Å². The van der Waals surface area contributed by atoms with Gasteiger partial charge < -0.3 is 15.5 Å². The van der Waals surface area contributed by atoms with Crippen LogP contribution in [0.3, 0.4) is 0 Å². The van der Waals surface area contributed by atoms with Gasteiger partial charge in [0.05, 0.1) is 0 Å². The molecule has 1 aliphatic rings. The molecule has 1 heterocycles. The van der Waals surface area contributed by atoms with Gasteiger partial charge in [-0.25, -0.2) is 0 Å². The first-order valence-corrected chi connectivity index (χ1v) is 5.36. The summed E-state index contributed by atoms with van der Waals surface area (Å²) in [6, 6.07) is 0.648. The van der Waals surface area contributed by atoms with Crippen LogP contribution in [0.1, 0.15) is 19.3 Å². The highest BCUT2D eigenvalue weighted by Gasteiger charge is 2.19. The highest BCUT2D eigenvalue weighted by atomic mass is 16.1. The van der Waals surface area contributed by atoms with Crippen molar-refractivity contribution < 1.29 is 4.79 Å². The van der Waals surface area contributed by atoms with E-state index in [0.29, 0.717) is 12.5 Å². The number of likely N-dealkylation sites (N-methyl/N-ethyl adjacent to an activating group) is 1. The molecule has 0 aromatic carbocycles. The predicted molar refractivity (Wildman–Crippen MR) is 57.2 cm³/mol. The molecule has 0 bridgehead atoms. The molecule has 82 valence electrons. The minimum atomic E-state index is 0.148. The summed E-state index contributed by atoms with van der Waals surface area (Å²) >= 11 is 0. The molecular formula is C10H21N3O. The first-order valence-electron chi connectivity index (χ1n) is 5.36. The third-order valence-electron chi connectivity index (χ3n) is 2.84. The van der Waals surface area contributed by atoms with Crippen molar-refractivity contribution in [2.24, 2.45) is 0 Å². The Hall–Kier alpha value is -0.610. The van der Waals surface area contributed by atoms with E-state index in [-0.39, 0.29) is 5.91 Å². The third kappa shape index (κ3) is 3.64. The molecule has 0 saturated carbocycles. The van der Waals surface area contributed by atoms with E-state index in [9.17, 15) is 4.79 Å². The Bertz CT molecular complexity index is 184. The van der Waals surface area contributed by atoms with Gasteiger partial charge in [-0.2, -0.15) is 0 Å². The van der Waals surface area contributed by atoms with Crippen LogP contribution in [0, 0.1) is 0 Å². The Labute approximate surface area is 86.0 Å². The molecule has 1 amide bonds. The van der Waals surface area contributed by atoms with E-state index in [2.05, 4.69) is 15.5 Å². The third-order valence-corrected chi connectivity index (χ3v) is 2.84. The minimum Gasteiger partial charge on any atom is -0.359 e. The van der Waals surface area contributed by atoms with Gasteiger partial charge in [-0.3, -0.25) is 4.79 Å². The number of carbonyl (C=O) groups is 1. The van der Waals surface area contributed by atoms with Crippen molar-refractivity contribution in [1.29, 1.82) is 0 Å². The second-order valence-corrected chi connectivity index (χ2v) is 3.85. The van der Waals surface area contributed by atoms with Crippen LogP contribution in [0.5, 0.6) is 0 Å². The zero-order valence-corrected chi connectivity index (χ0v) is 9.18. The van der Waals surface area contributed by atoms with Crippen molar-refractivity contribution in [2.45, 2.75) is 25.3 Å². The van der Waals surface area contributed by atoms with Gasteiger partial charge in [0.1, 0.15) is 0 Å². The molecule has 4 heteroatoms. The maximum absolute atomic E-state index is 11.0. The Morgan fingerprint density at radius 1 is 1.50 bits per heavy atom. The number of hydrogen-bond donors (Lipinski definition) is 2. The van der Waals surface area contributed by atoms with E-state index in [0.717, 1.165) is 19.5 Å². The molecule has 1 atom stereocenters. The molecule has 1 saturated heterocycles. The summed E-state index contributed by atoms with van der Waals surface area (Å²) in [6.45, 7) is 3.34. The Kier molecular flexibility index (Phi) is 4.90. The number of hydrogen-bond acceptors (Lipinski definition) is 3. The van der Waals surface area contributed by atoms with Crippen molar-refractivity contribution in [3.63, 3.8) is 0 Å². The number of nitrogens with zero attached hydrogens (tertiary/aromatic N) is 1. The zero-order valence-electron chi connectivity index (χ0n) is 9.18. The molecule has 1 fully saturated rings. The molecule has 0 aromatic heterocycles. The standard InChI is InChI=1S/C10H21N3O/c1-11-9-5-7-13(8-9)6-3-4-10(14)12-2/h9,11H,3-8H2,1-2H3,(H,12,14). The second kappa shape index (κ2) is 5.98. The fraction of sp³-hybridized carbons (Fsp3) is 0.900. The summed E-state index contributed by atoms with van der Waals surface area (Å²) in [5.41, 5.74) is 0. The van der Waals surface area contributed by atoms with Gasteiger partial charge in [-0.1, -0.05) is 0 Å². The van der Waals surface area contributed by atoms with Crippen LogP contribution in [0.25, 0.3) is 0 Å². The van der Waals surface area contributed by atoms with Gasteiger partial charge in [0.25, 0.3) is 0 Å². The molecule has 2 N–H and O–H groups in total. The molecule has 1 aliphatic heterocycles. The average Bonchev–Trinajstić information content (AvgIpc) is 2.65. The topological polar surface area (TPSA) is 44.4 Å². The smallest absolute Gasteiger partial charge is 0.219 e. The summed E-state index contributed by atoms with van der Waals surface area (Å²) in [5, 5.41) is 5.92. The maximum atomic E-state index is 11.0. The van der Waals surface area contributed by atoms with E-state index in [1.165, 1.54) is 13.0 Å². The van der Waals surface area contributed by atoms with Crippen molar-refractivity contribution >= 4 is 5.91 Å². The average molecular weight is 199 g/mol. The lowest BCUT2D eigenvalue weighted by Gasteiger charge is -2.15. The molecule has 0 aliphatic carbocycles. The fourth-order valence-corrected chi connectivity index (χ4v) is 1.86. The fourth-order valence-electron chi connectivity index (χ4n) is 1.86. The summed E-state index contributed by atoms with van der Waals surface area (Å²) in [4.78, 5) is 13.4. The SMILES string of the molecule is CNC(=O)CCCN1CCC(NC)C1. The lowest BCUT2D eigenvalue weighted by atomic mass is 10.3. The predicted octanol–water partition coefficient (Wildman–Crippen LogP) is -0.194. The highest BCUT2D eigenvalue weighted by Crippen LogP contribution is 2.09. The summed E-state index contributed by atoms with van der Waals surface area (Å²) < 4.78 is 0. The second-order valence-electron chi connectivity index (χ2n) is 3.85. The summed E-state index contributed by atoms with van der Waals surface area (Å²) in [5.74, 6) is 0.148. The van der Waals surface area contributed by atoms with E-state index >= 15 is 0 Å². The number of rotatable bonds is 5. The van der Waals surface area contributed by atoms with Gasteiger partial charge in [-0.05, 0) is 33.0 Å². The van der Waals surface area contributed by atoms with Crippen LogP contribution >= 0.6 is 0 Å². The van der Waals surface area contributed by atoms with Crippen LogP contribution < -0.4 is 10.6 Å². The van der Waals surface area contributed by atoms with Crippen LogP contribution in [0.15, 0.2) is 0 Å². The van der Waals surface area contributed by atoms with Crippen LogP contribution in [-0.4, -0.2) is 50.6 Å². The summed E-state index contributed by atoms with van der Waals surface area (Å²) in [6.07, 6.45) is 2.85. The normalized spacial score (nSPS) is 22.6. The zero-order chi connectivity index (χ0) is 10.4. The molecule has 1 unspecified atom stereocenters. The Balaban J connectivity index is 2.05. The summed E-state index contributed by atoms with van der Waals surface area (Å²) in [7, 11) is 3.70. The Morgan fingerprint density at radius 3 is 2.86 bits per heavy atom. The van der Waals surface area contributed by atoms with Crippen LogP contribution in [0.4, 0.5) is 0 Å². The minimum absolute atomic E-state index is 0.148. The molecule has 1 rings (SSSR count). The largest absolute Gasteiger partial charge is 0.359 e. The van der Waals surface area contributed by atoms with Crippen molar-refractivity contribution in [2.75, 3.05) is 33.7 Å². The van der Waals surface area contributed by atoms with Crippen molar-refractivity contribution in [1.82, 2.24) is 15.5 Å². The van der Waals surface area contributed by atoms with Crippen LogP contribution in [0.2, 0.25) is 0 Å². The molecule has 0 radical (unpaired) electrons. The lowest BCUT2D eigenvalue weighted by molar-refractivity contribution is -0.120. The number of amides is 1. The molecule has 0 aromatic rings. The van der Waals surface area contributed by atoms with Crippen molar-refractivity contribution in [3.05, 3.63) is 0 Å². The van der Waals surface area contributed by atoms with Crippen molar-refractivity contribution in [3.8, 4) is 0 Å². The molecular weight excluding hydrogens is 178 g/mol. The number of carbonyl (C=O) groups excluding carboxylic acids is 1.